The van der Waals surface area contributed by atoms with Crippen LogP contribution in [0.1, 0.15) is 18.5 Å². The SMILES string of the molecule is CC(N)c1ccc(Oc2ccc(F)c(F)c2)cc1. The van der Waals surface area contributed by atoms with E-state index in [0.717, 1.165) is 17.7 Å². The van der Waals surface area contributed by atoms with Gasteiger partial charge in [-0.3, -0.25) is 0 Å². The van der Waals surface area contributed by atoms with E-state index in [-0.39, 0.29) is 11.8 Å². The lowest BCUT2D eigenvalue weighted by Gasteiger charge is -2.08. The topological polar surface area (TPSA) is 35.2 Å². The van der Waals surface area contributed by atoms with Gasteiger partial charge < -0.3 is 10.5 Å². The largest absolute Gasteiger partial charge is 0.457 e. The van der Waals surface area contributed by atoms with E-state index in [9.17, 15) is 8.78 Å². The highest BCUT2D eigenvalue weighted by Crippen LogP contribution is 2.24. The minimum Gasteiger partial charge on any atom is -0.457 e. The van der Waals surface area contributed by atoms with Gasteiger partial charge in [-0.25, -0.2) is 8.78 Å². The fourth-order valence-electron chi connectivity index (χ4n) is 1.52. The van der Waals surface area contributed by atoms with E-state index in [1.54, 1.807) is 12.1 Å². The first-order chi connectivity index (χ1) is 8.56. The zero-order valence-electron chi connectivity index (χ0n) is 9.86. The van der Waals surface area contributed by atoms with Gasteiger partial charge in [0.05, 0.1) is 0 Å². The molecule has 0 fully saturated rings. The van der Waals surface area contributed by atoms with E-state index in [1.807, 2.05) is 19.1 Å². The first kappa shape index (κ1) is 12.5. The van der Waals surface area contributed by atoms with Crippen molar-refractivity contribution >= 4 is 0 Å². The molecular weight excluding hydrogens is 236 g/mol. The average molecular weight is 249 g/mol. The zero-order valence-corrected chi connectivity index (χ0v) is 9.86. The van der Waals surface area contributed by atoms with Crippen LogP contribution in [0.2, 0.25) is 0 Å². The van der Waals surface area contributed by atoms with Gasteiger partial charge in [-0.1, -0.05) is 12.1 Å². The minimum absolute atomic E-state index is 0.0534. The summed E-state index contributed by atoms with van der Waals surface area (Å²) in [7, 11) is 0. The van der Waals surface area contributed by atoms with E-state index >= 15 is 0 Å². The molecule has 4 heteroatoms. The van der Waals surface area contributed by atoms with Crippen molar-refractivity contribution in [1.29, 1.82) is 0 Å². The van der Waals surface area contributed by atoms with E-state index in [2.05, 4.69) is 0 Å². The summed E-state index contributed by atoms with van der Waals surface area (Å²) in [6, 6.07) is 10.5. The smallest absolute Gasteiger partial charge is 0.162 e. The van der Waals surface area contributed by atoms with Gasteiger partial charge in [0, 0.05) is 12.1 Å². The van der Waals surface area contributed by atoms with Gasteiger partial charge in [-0.05, 0) is 36.8 Å². The summed E-state index contributed by atoms with van der Waals surface area (Å²) in [4.78, 5) is 0. The second-order valence-corrected chi connectivity index (χ2v) is 4.04. The maximum absolute atomic E-state index is 13.0. The Morgan fingerprint density at radius 3 is 2.11 bits per heavy atom. The van der Waals surface area contributed by atoms with Crippen molar-refractivity contribution in [2.75, 3.05) is 0 Å². The van der Waals surface area contributed by atoms with E-state index < -0.39 is 11.6 Å². The van der Waals surface area contributed by atoms with Crippen molar-refractivity contribution in [2.45, 2.75) is 13.0 Å². The standard InChI is InChI=1S/C14H13F2NO/c1-9(17)10-2-4-11(5-3-10)18-12-6-7-13(15)14(16)8-12/h2-9H,17H2,1H3. The van der Waals surface area contributed by atoms with Crippen LogP contribution >= 0.6 is 0 Å². The number of nitrogens with two attached hydrogens (primary N) is 1. The number of halogens is 2. The molecule has 2 aromatic rings. The van der Waals surface area contributed by atoms with Crippen LogP contribution in [0.5, 0.6) is 11.5 Å². The Morgan fingerprint density at radius 1 is 0.944 bits per heavy atom. The molecular formula is C14H13F2NO. The summed E-state index contributed by atoms with van der Waals surface area (Å²) in [6.07, 6.45) is 0. The maximum Gasteiger partial charge on any atom is 0.162 e. The third-order valence-electron chi connectivity index (χ3n) is 2.53. The first-order valence-corrected chi connectivity index (χ1v) is 5.54. The zero-order chi connectivity index (χ0) is 13.1. The van der Waals surface area contributed by atoms with E-state index in [1.165, 1.54) is 6.07 Å². The summed E-state index contributed by atoms with van der Waals surface area (Å²) < 4.78 is 31.1. The summed E-state index contributed by atoms with van der Waals surface area (Å²) in [5.74, 6) is -1.03. The molecule has 0 aliphatic rings. The molecule has 1 atom stereocenters. The monoisotopic (exact) mass is 249 g/mol. The molecule has 0 spiro atoms. The molecule has 2 rings (SSSR count). The lowest BCUT2D eigenvalue weighted by Crippen LogP contribution is -2.04. The van der Waals surface area contributed by atoms with Crippen molar-refractivity contribution in [3.05, 3.63) is 59.7 Å². The highest BCUT2D eigenvalue weighted by Gasteiger charge is 2.05. The molecule has 0 aliphatic carbocycles. The molecule has 0 saturated heterocycles. The fourth-order valence-corrected chi connectivity index (χ4v) is 1.52. The van der Waals surface area contributed by atoms with Crippen LogP contribution in [0, 0.1) is 11.6 Å². The highest BCUT2D eigenvalue weighted by atomic mass is 19.2. The van der Waals surface area contributed by atoms with Crippen LogP contribution in [0.3, 0.4) is 0 Å². The van der Waals surface area contributed by atoms with Crippen LogP contribution in [0.25, 0.3) is 0 Å². The molecule has 0 saturated carbocycles. The summed E-state index contributed by atoms with van der Waals surface area (Å²) in [5.41, 5.74) is 6.70. The van der Waals surface area contributed by atoms with E-state index in [4.69, 9.17) is 10.5 Å². The quantitative estimate of drug-likeness (QED) is 0.898. The number of rotatable bonds is 3. The van der Waals surface area contributed by atoms with Crippen LogP contribution in [0.4, 0.5) is 8.78 Å². The lowest BCUT2D eigenvalue weighted by atomic mass is 10.1. The molecule has 0 radical (unpaired) electrons. The third kappa shape index (κ3) is 2.84. The number of hydrogen-bond donors (Lipinski definition) is 1. The van der Waals surface area contributed by atoms with Gasteiger partial charge in [0.15, 0.2) is 11.6 Å². The Balaban J connectivity index is 2.15. The third-order valence-corrected chi connectivity index (χ3v) is 2.53. The van der Waals surface area contributed by atoms with Crippen molar-refractivity contribution in [3.63, 3.8) is 0 Å². The van der Waals surface area contributed by atoms with E-state index in [0.29, 0.717) is 5.75 Å². The first-order valence-electron chi connectivity index (χ1n) is 5.54. The van der Waals surface area contributed by atoms with Gasteiger partial charge in [0.2, 0.25) is 0 Å². The number of ether oxygens (including phenoxy) is 1. The molecule has 0 amide bonds. The maximum atomic E-state index is 13.0. The Bertz CT molecular complexity index is 538. The van der Waals surface area contributed by atoms with Gasteiger partial charge in [-0.15, -0.1) is 0 Å². The molecule has 1 unspecified atom stereocenters. The second kappa shape index (κ2) is 5.14. The van der Waals surface area contributed by atoms with Crippen LogP contribution in [-0.2, 0) is 0 Å². The van der Waals surface area contributed by atoms with Crippen molar-refractivity contribution in [2.24, 2.45) is 5.73 Å². The molecule has 0 heterocycles. The predicted octanol–water partition coefficient (Wildman–Crippen LogP) is 3.78. The van der Waals surface area contributed by atoms with Gasteiger partial charge in [0.25, 0.3) is 0 Å². The Kier molecular flexibility index (Phi) is 3.58. The van der Waals surface area contributed by atoms with Gasteiger partial charge in [0.1, 0.15) is 11.5 Å². The summed E-state index contributed by atoms with van der Waals surface area (Å²) in [6.45, 7) is 1.88. The average Bonchev–Trinajstić information content (AvgIpc) is 2.34. The number of benzene rings is 2. The normalized spacial score (nSPS) is 12.2. The van der Waals surface area contributed by atoms with Crippen molar-refractivity contribution < 1.29 is 13.5 Å². The van der Waals surface area contributed by atoms with Crippen LogP contribution in [-0.4, -0.2) is 0 Å². The van der Waals surface area contributed by atoms with Crippen LogP contribution < -0.4 is 10.5 Å². The summed E-state index contributed by atoms with van der Waals surface area (Å²) in [5, 5.41) is 0. The fraction of sp³-hybridized carbons (Fsp3) is 0.143. The van der Waals surface area contributed by atoms with Crippen LogP contribution in [0.15, 0.2) is 42.5 Å². The molecule has 2 nitrogen and oxygen atoms in total. The molecule has 2 N–H and O–H groups in total. The number of hydrogen-bond acceptors (Lipinski definition) is 2. The Hall–Kier alpha value is -1.94. The molecule has 2 aromatic carbocycles. The molecule has 94 valence electrons. The lowest BCUT2D eigenvalue weighted by molar-refractivity contribution is 0.461. The molecule has 18 heavy (non-hydrogen) atoms. The predicted molar refractivity (Wildman–Crippen MR) is 65.5 cm³/mol. The highest BCUT2D eigenvalue weighted by molar-refractivity contribution is 5.34. The van der Waals surface area contributed by atoms with Crippen molar-refractivity contribution in [1.82, 2.24) is 0 Å². The van der Waals surface area contributed by atoms with Gasteiger partial charge >= 0.3 is 0 Å². The minimum atomic E-state index is -0.931. The molecule has 0 aliphatic heterocycles. The summed E-state index contributed by atoms with van der Waals surface area (Å²) >= 11 is 0. The Labute approximate surface area is 104 Å². The molecule has 0 bridgehead atoms. The van der Waals surface area contributed by atoms with Crippen molar-refractivity contribution in [3.8, 4) is 11.5 Å². The van der Waals surface area contributed by atoms with Gasteiger partial charge in [-0.2, -0.15) is 0 Å². The molecule has 0 aromatic heterocycles. The second-order valence-electron chi connectivity index (χ2n) is 4.04. The Morgan fingerprint density at radius 2 is 1.56 bits per heavy atom.